The molecule has 3 N–H and O–H groups in total. The zero-order chi connectivity index (χ0) is 23.5. The van der Waals surface area contributed by atoms with Gasteiger partial charge in [-0.25, -0.2) is 18.7 Å². The van der Waals surface area contributed by atoms with Crippen LogP contribution >= 0.6 is 0 Å². The van der Waals surface area contributed by atoms with Crippen LogP contribution < -0.4 is 16.0 Å². The average Bonchev–Trinajstić information content (AvgIpc) is 2.84. The minimum Gasteiger partial charge on any atom is -0.366 e. The Labute approximate surface area is 196 Å². The molecule has 2 aliphatic rings. The molecule has 0 unspecified atom stereocenters. The molecule has 0 spiro atoms. The van der Waals surface area contributed by atoms with Gasteiger partial charge in [-0.1, -0.05) is 0 Å². The second-order valence-corrected chi connectivity index (χ2v) is 9.06. The Morgan fingerprint density at radius 3 is 2.56 bits per heavy atom. The molecular formula is C24H27F2N7O. The molecule has 3 aromatic heterocycles. The van der Waals surface area contributed by atoms with Gasteiger partial charge in [0.05, 0.1) is 29.8 Å². The van der Waals surface area contributed by atoms with E-state index in [2.05, 4.69) is 30.9 Å². The lowest BCUT2D eigenvalue weighted by Gasteiger charge is -2.27. The highest BCUT2D eigenvalue weighted by molar-refractivity contribution is 5.94. The van der Waals surface area contributed by atoms with Crippen molar-refractivity contribution in [3.8, 4) is 11.3 Å². The van der Waals surface area contributed by atoms with E-state index in [1.54, 1.807) is 30.9 Å². The van der Waals surface area contributed by atoms with E-state index in [4.69, 9.17) is 4.98 Å². The molecule has 10 heteroatoms. The molecule has 34 heavy (non-hydrogen) atoms. The summed E-state index contributed by atoms with van der Waals surface area (Å²) in [5, 5.41) is 10.4. The van der Waals surface area contributed by atoms with Crippen LogP contribution in [0.3, 0.4) is 0 Å². The summed E-state index contributed by atoms with van der Waals surface area (Å²) in [6.45, 7) is 1.97. The van der Waals surface area contributed by atoms with Gasteiger partial charge in [0, 0.05) is 41.9 Å². The van der Waals surface area contributed by atoms with E-state index in [-0.39, 0.29) is 31.6 Å². The lowest BCUT2D eigenvalue weighted by molar-refractivity contribution is -0.124. The number of amides is 1. The third-order valence-corrected chi connectivity index (χ3v) is 6.53. The number of aromatic nitrogens is 4. The Balaban J connectivity index is 1.31. The standard InChI is InChI=1S/C24H27F2N7O/c25-24(26)5-1-15(2-6-24)23(34)33-21-10-16-9-17(11-29-19(16)13-30-21)20-12-28-14-22(32-20)31-18-3-7-27-8-4-18/h9-15,18,27H,1-8H2,(H,31,32)(H,30,33,34). The number of alkyl halides is 2. The molecule has 4 heterocycles. The first-order valence-corrected chi connectivity index (χ1v) is 11.7. The summed E-state index contributed by atoms with van der Waals surface area (Å²) in [5.74, 6) is -2.25. The van der Waals surface area contributed by atoms with Gasteiger partial charge in [0.2, 0.25) is 11.8 Å². The molecule has 3 aromatic rings. The maximum atomic E-state index is 13.4. The Bertz CT molecular complexity index is 1170. The minimum absolute atomic E-state index is 0.179. The molecule has 1 saturated carbocycles. The molecule has 5 rings (SSSR count). The molecule has 0 atom stereocenters. The molecule has 178 valence electrons. The van der Waals surface area contributed by atoms with Gasteiger partial charge in [-0.2, -0.15) is 0 Å². The zero-order valence-electron chi connectivity index (χ0n) is 18.7. The Hall–Kier alpha value is -3.27. The van der Waals surface area contributed by atoms with Gasteiger partial charge in [-0.15, -0.1) is 0 Å². The Kier molecular flexibility index (Phi) is 6.32. The van der Waals surface area contributed by atoms with Crippen molar-refractivity contribution in [3.63, 3.8) is 0 Å². The number of rotatable bonds is 5. The quantitative estimate of drug-likeness (QED) is 0.521. The SMILES string of the molecule is O=C(Nc1cc2cc(-c3cncc(NC4CCNCC4)n3)cnc2cn1)C1CCC(F)(F)CC1. The number of carbonyl (C=O) groups is 1. The first-order chi connectivity index (χ1) is 16.4. The van der Waals surface area contributed by atoms with Crippen molar-refractivity contribution in [3.05, 3.63) is 36.9 Å². The number of carbonyl (C=O) groups excluding carboxylic acids is 1. The number of fused-ring (bicyclic) bond motifs is 1. The third kappa shape index (κ3) is 5.27. The molecule has 1 aliphatic heterocycles. The van der Waals surface area contributed by atoms with Crippen LogP contribution in [0, 0.1) is 5.92 Å². The molecule has 2 fully saturated rings. The second kappa shape index (κ2) is 9.54. The van der Waals surface area contributed by atoms with Gasteiger partial charge in [-0.3, -0.25) is 14.8 Å². The average molecular weight is 468 g/mol. The largest absolute Gasteiger partial charge is 0.366 e. The van der Waals surface area contributed by atoms with Crippen molar-refractivity contribution in [2.24, 2.45) is 5.92 Å². The molecule has 0 aromatic carbocycles. The monoisotopic (exact) mass is 467 g/mol. The first kappa shape index (κ1) is 22.5. The fourth-order valence-electron chi connectivity index (χ4n) is 4.52. The molecule has 1 amide bonds. The molecule has 0 bridgehead atoms. The number of halogens is 2. The molecule has 1 aliphatic carbocycles. The fraction of sp³-hybridized carbons (Fsp3) is 0.458. The van der Waals surface area contributed by atoms with Crippen LogP contribution in [0.4, 0.5) is 20.4 Å². The summed E-state index contributed by atoms with van der Waals surface area (Å²) in [5.41, 5.74) is 2.17. The van der Waals surface area contributed by atoms with Crippen molar-refractivity contribution in [2.45, 2.75) is 50.5 Å². The van der Waals surface area contributed by atoms with E-state index in [0.717, 1.165) is 42.7 Å². The summed E-state index contributed by atoms with van der Waals surface area (Å²) in [7, 11) is 0. The molecular weight excluding hydrogens is 440 g/mol. The highest BCUT2D eigenvalue weighted by atomic mass is 19.3. The van der Waals surface area contributed by atoms with Crippen molar-refractivity contribution >= 4 is 28.4 Å². The van der Waals surface area contributed by atoms with E-state index >= 15 is 0 Å². The summed E-state index contributed by atoms with van der Waals surface area (Å²) >= 11 is 0. The van der Waals surface area contributed by atoms with Crippen LogP contribution in [-0.2, 0) is 4.79 Å². The lowest BCUT2D eigenvalue weighted by Crippen LogP contribution is -2.35. The van der Waals surface area contributed by atoms with Crippen molar-refractivity contribution in [2.75, 3.05) is 23.7 Å². The smallest absolute Gasteiger partial charge is 0.248 e. The Morgan fingerprint density at radius 2 is 1.76 bits per heavy atom. The zero-order valence-corrected chi connectivity index (χ0v) is 18.7. The van der Waals surface area contributed by atoms with Crippen LogP contribution in [-0.4, -0.2) is 50.9 Å². The number of nitrogens with zero attached hydrogens (tertiary/aromatic N) is 4. The van der Waals surface area contributed by atoms with Crippen molar-refractivity contribution in [1.29, 1.82) is 0 Å². The van der Waals surface area contributed by atoms with E-state index < -0.39 is 11.8 Å². The maximum Gasteiger partial charge on any atom is 0.248 e. The van der Waals surface area contributed by atoms with Crippen molar-refractivity contribution < 1.29 is 13.6 Å². The van der Waals surface area contributed by atoms with E-state index in [9.17, 15) is 13.6 Å². The third-order valence-electron chi connectivity index (χ3n) is 6.53. The molecule has 8 nitrogen and oxygen atoms in total. The number of piperidine rings is 1. The maximum absolute atomic E-state index is 13.4. The van der Waals surface area contributed by atoms with Gasteiger partial charge in [0.15, 0.2) is 0 Å². The lowest BCUT2D eigenvalue weighted by atomic mass is 9.86. The summed E-state index contributed by atoms with van der Waals surface area (Å²) in [6.07, 6.45) is 8.65. The Morgan fingerprint density at radius 1 is 0.971 bits per heavy atom. The van der Waals surface area contributed by atoms with Gasteiger partial charge < -0.3 is 16.0 Å². The number of nitrogens with one attached hydrogen (secondary N) is 3. The van der Waals surface area contributed by atoms with Crippen LogP contribution in [0.1, 0.15) is 38.5 Å². The summed E-state index contributed by atoms with van der Waals surface area (Å²) in [6, 6.07) is 4.04. The summed E-state index contributed by atoms with van der Waals surface area (Å²) < 4.78 is 26.8. The predicted octanol–water partition coefficient (Wildman–Crippen LogP) is 4.01. The van der Waals surface area contributed by atoms with Crippen LogP contribution in [0.2, 0.25) is 0 Å². The first-order valence-electron chi connectivity index (χ1n) is 11.7. The van der Waals surface area contributed by atoms with Gasteiger partial charge in [0.1, 0.15) is 11.6 Å². The topological polar surface area (TPSA) is 105 Å². The fourth-order valence-corrected chi connectivity index (χ4v) is 4.52. The van der Waals surface area contributed by atoms with E-state index in [0.29, 0.717) is 23.1 Å². The minimum atomic E-state index is -2.66. The number of anilines is 2. The van der Waals surface area contributed by atoms with Crippen LogP contribution in [0.15, 0.2) is 36.9 Å². The highest BCUT2D eigenvalue weighted by Crippen LogP contribution is 2.36. The van der Waals surface area contributed by atoms with Crippen LogP contribution in [0.25, 0.3) is 22.2 Å². The van der Waals surface area contributed by atoms with Gasteiger partial charge in [-0.05, 0) is 50.9 Å². The normalized spacial score (nSPS) is 19.1. The predicted molar refractivity (Wildman–Crippen MR) is 126 cm³/mol. The number of hydrogen-bond donors (Lipinski definition) is 3. The number of hydrogen-bond acceptors (Lipinski definition) is 7. The summed E-state index contributed by atoms with van der Waals surface area (Å²) in [4.78, 5) is 30.3. The van der Waals surface area contributed by atoms with Crippen LogP contribution in [0.5, 0.6) is 0 Å². The number of pyridine rings is 2. The van der Waals surface area contributed by atoms with E-state index in [1.165, 1.54) is 0 Å². The molecule has 1 saturated heterocycles. The van der Waals surface area contributed by atoms with Gasteiger partial charge in [0.25, 0.3) is 0 Å². The van der Waals surface area contributed by atoms with Gasteiger partial charge >= 0.3 is 0 Å². The second-order valence-electron chi connectivity index (χ2n) is 9.06. The highest BCUT2D eigenvalue weighted by Gasteiger charge is 2.37. The van der Waals surface area contributed by atoms with E-state index in [1.807, 2.05) is 6.07 Å². The molecule has 0 radical (unpaired) electrons. The van der Waals surface area contributed by atoms with Crippen molar-refractivity contribution in [1.82, 2.24) is 25.3 Å².